The number of carbonyl (C=O) groups excluding carboxylic acids is 2. The smallest absolute Gasteiger partial charge is 0.407 e. The standard InChI is InChI=1S/C55H87N13O16.Lu/c1-62(2)52-59-44(34-40-17-15-39(16-18-40)33-41-35-65(37-48(74)75)27-31-67(55(83)84)30-25-64(36-47(72)73)26-32-68(41)38-49(76)77)60-53(61-52)66-28-23-63(24-29-66)22-12-8-6-4-3-5-7-9-14-45(69)56-21-11-10-13-42(50(78)79)57-54(82)58-43(51(80)81)19-20-46(70)71;/h15-18,41-43H,3-14,19-38H2,1-2H3,(H,56,69)(H,70,71)(H,72,73)(H,74,75)(H,76,77)(H,78,79)(H,80,81)(H,83,84)(H2,57,58,82);/t41?,42-,43-;/m0./s1. The molecule has 1 aromatic heterocycles. The molecule has 1 aromatic carbocycles. The Morgan fingerprint density at radius 3 is 1.68 bits per heavy atom. The van der Waals surface area contributed by atoms with Crippen molar-refractivity contribution in [2.45, 2.75) is 121 Å². The van der Waals surface area contributed by atoms with E-state index in [4.69, 9.17) is 20.1 Å². The fraction of sp³-hybridized carbons (Fsp3) is 0.673. The van der Waals surface area contributed by atoms with E-state index in [1.807, 2.05) is 43.3 Å². The van der Waals surface area contributed by atoms with Gasteiger partial charge in [-0.2, -0.15) is 15.0 Å². The minimum atomic E-state index is -1.49. The number of hydrogen-bond acceptors (Lipinski definition) is 18. The average molecular weight is 1360 g/mol. The number of unbranched alkanes of at least 4 members (excludes halogenated alkanes) is 8. The van der Waals surface area contributed by atoms with Crippen molar-refractivity contribution in [3.63, 3.8) is 0 Å². The Balaban J connectivity index is 0.0000189. The maximum Gasteiger partial charge on any atom is 0.407 e. The topological polar surface area (TPSA) is 393 Å². The van der Waals surface area contributed by atoms with E-state index in [0.29, 0.717) is 56.4 Å². The Kier molecular flexibility index (Phi) is 33.9. The second-order valence-electron chi connectivity index (χ2n) is 21.6. The molecule has 85 heavy (non-hydrogen) atoms. The van der Waals surface area contributed by atoms with Gasteiger partial charge in [0.25, 0.3) is 0 Å². The van der Waals surface area contributed by atoms with Crippen LogP contribution in [0.1, 0.15) is 107 Å². The minimum Gasteiger partial charge on any atom is -0.481 e. The van der Waals surface area contributed by atoms with Gasteiger partial charge in [0.1, 0.15) is 17.9 Å². The van der Waals surface area contributed by atoms with Crippen molar-refractivity contribution in [2.75, 3.05) is 129 Å². The molecule has 3 atom stereocenters. The minimum absolute atomic E-state index is 0. The molecular weight excluding hydrogens is 1270 g/mol. The maximum absolute atomic E-state index is 12.3. The summed E-state index contributed by atoms with van der Waals surface area (Å²) in [6, 6.07) is 3.45. The van der Waals surface area contributed by atoms with Gasteiger partial charge in [-0.25, -0.2) is 19.2 Å². The molecule has 29 nitrogen and oxygen atoms in total. The van der Waals surface area contributed by atoms with Crippen molar-refractivity contribution >= 4 is 65.7 Å². The number of rotatable bonds is 35. The van der Waals surface area contributed by atoms with E-state index < -0.39 is 72.5 Å². The van der Waals surface area contributed by atoms with E-state index >= 15 is 0 Å². The summed E-state index contributed by atoms with van der Waals surface area (Å²) in [5.74, 6) is -5.64. The number of nitrogens with zero attached hydrogens (tertiary/aromatic N) is 10. The number of carbonyl (C=O) groups is 9. The van der Waals surface area contributed by atoms with Gasteiger partial charge < -0.3 is 66.4 Å². The molecule has 0 bridgehead atoms. The number of carboxylic acid groups (broad SMARTS) is 7. The quantitative estimate of drug-likeness (QED) is 0.0438. The first-order valence-corrected chi connectivity index (χ1v) is 28.9. The summed E-state index contributed by atoms with van der Waals surface area (Å²) in [5, 5.41) is 73.9. The van der Waals surface area contributed by atoms with Crippen LogP contribution in [0, 0.1) is 36.9 Å². The monoisotopic (exact) mass is 1360 g/mol. The van der Waals surface area contributed by atoms with Gasteiger partial charge in [0.2, 0.25) is 17.8 Å². The second-order valence-corrected chi connectivity index (χ2v) is 21.6. The molecular formula is C55H87LuN13O16. The van der Waals surface area contributed by atoms with Crippen LogP contribution in [0.15, 0.2) is 24.3 Å². The van der Waals surface area contributed by atoms with Crippen molar-refractivity contribution in [2.24, 2.45) is 0 Å². The Hall–Kier alpha value is -6.27. The fourth-order valence-electron chi connectivity index (χ4n) is 10.0. The predicted octanol–water partition coefficient (Wildman–Crippen LogP) is 1.58. The maximum atomic E-state index is 12.3. The number of aliphatic carboxylic acids is 6. The summed E-state index contributed by atoms with van der Waals surface area (Å²) >= 11 is 0. The number of aromatic nitrogens is 3. The van der Waals surface area contributed by atoms with E-state index in [1.54, 1.807) is 14.7 Å². The van der Waals surface area contributed by atoms with Crippen LogP contribution < -0.4 is 25.8 Å². The van der Waals surface area contributed by atoms with Gasteiger partial charge in [-0.1, -0.05) is 62.8 Å². The molecule has 0 saturated carbocycles. The van der Waals surface area contributed by atoms with Crippen LogP contribution in [-0.2, 0) is 46.4 Å². The third-order valence-electron chi connectivity index (χ3n) is 14.7. The van der Waals surface area contributed by atoms with E-state index in [-0.39, 0.29) is 121 Å². The van der Waals surface area contributed by atoms with Crippen molar-refractivity contribution < 1.29 is 116 Å². The largest absolute Gasteiger partial charge is 0.481 e. The molecule has 4 rings (SSSR count). The molecule has 2 saturated heterocycles. The predicted molar refractivity (Wildman–Crippen MR) is 306 cm³/mol. The van der Waals surface area contributed by atoms with E-state index in [1.165, 1.54) is 0 Å². The Bertz CT molecular complexity index is 2460. The van der Waals surface area contributed by atoms with Gasteiger partial charge in [0, 0.05) is 155 Å². The molecule has 1 radical (unpaired) electrons. The summed E-state index contributed by atoms with van der Waals surface area (Å²) in [4.78, 5) is 133. The van der Waals surface area contributed by atoms with Crippen LogP contribution in [0.2, 0.25) is 0 Å². The molecule has 1 unspecified atom stereocenters. The Labute approximate surface area is 524 Å². The molecule has 10 N–H and O–H groups in total. The van der Waals surface area contributed by atoms with E-state index in [9.17, 15) is 73.8 Å². The molecule has 483 valence electrons. The zero-order valence-electron chi connectivity index (χ0n) is 48.7. The number of nitrogens with one attached hydrogen (secondary N) is 3. The van der Waals surface area contributed by atoms with Gasteiger partial charge in [-0.3, -0.25) is 43.6 Å². The SMILES string of the molecule is CN(C)c1nc(Cc2ccc(CC3CN(CC(=O)O)CCN(C(=O)O)CCN(CC(=O)O)CCN3CC(=O)O)cc2)nc(N2CCN(CCCCCCCCCCC(=O)NCCCC[C@H](NC(=O)N[C@@H](CCC(=O)O)C(=O)O)C(=O)O)CC2)n1.[Lu]. The number of urea groups is 1. The summed E-state index contributed by atoms with van der Waals surface area (Å²) in [7, 11) is 3.76. The molecule has 0 spiro atoms. The first-order valence-electron chi connectivity index (χ1n) is 28.9. The molecule has 2 aliphatic heterocycles. The van der Waals surface area contributed by atoms with Crippen LogP contribution in [0.25, 0.3) is 0 Å². The summed E-state index contributed by atoms with van der Waals surface area (Å²) in [6.45, 7) is 4.03. The number of hydrogen-bond donors (Lipinski definition) is 10. The summed E-state index contributed by atoms with van der Waals surface area (Å²) in [6.07, 6.45) is 8.29. The van der Waals surface area contributed by atoms with Crippen LogP contribution in [-0.4, -0.2) is 266 Å². The zero-order valence-corrected chi connectivity index (χ0v) is 50.4. The number of piperazine rings is 1. The van der Waals surface area contributed by atoms with Gasteiger partial charge >= 0.3 is 47.9 Å². The first-order chi connectivity index (χ1) is 40.0. The molecule has 3 heterocycles. The zero-order chi connectivity index (χ0) is 61.6. The van der Waals surface area contributed by atoms with Crippen molar-refractivity contribution in [1.82, 2.24) is 55.4 Å². The van der Waals surface area contributed by atoms with Crippen LogP contribution in [0.5, 0.6) is 0 Å². The normalized spacial score (nSPS) is 16.6. The molecule has 2 aliphatic rings. The molecule has 2 fully saturated rings. The molecule has 0 aliphatic carbocycles. The van der Waals surface area contributed by atoms with Crippen molar-refractivity contribution in [1.29, 1.82) is 0 Å². The Morgan fingerprint density at radius 1 is 0.565 bits per heavy atom. The van der Waals surface area contributed by atoms with Crippen LogP contribution in [0.4, 0.5) is 21.5 Å². The van der Waals surface area contributed by atoms with Gasteiger partial charge in [0.15, 0.2) is 0 Å². The Morgan fingerprint density at radius 2 is 1.11 bits per heavy atom. The molecule has 2 aromatic rings. The van der Waals surface area contributed by atoms with E-state index in [2.05, 4.69) is 25.8 Å². The third-order valence-corrected chi connectivity index (χ3v) is 14.7. The summed E-state index contributed by atoms with van der Waals surface area (Å²) in [5.41, 5.74) is 1.78. The molecule has 4 amide bonds. The number of carboxylic acids is 6. The second kappa shape index (κ2) is 39.4. The third kappa shape index (κ3) is 29.6. The van der Waals surface area contributed by atoms with Crippen LogP contribution in [0.3, 0.4) is 0 Å². The van der Waals surface area contributed by atoms with Gasteiger partial charge in [-0.15, -0.1) is 0 Å². The molecule has 30 heteroatoms. The van der Waals surface area contributed by atoms with E-state index in [0.717, 1.165) is 100 Å². The van der Waals surface area contributed by atoms with Crippen molar-refractivity contribution in [3.05, 3.63) is 41.2 Å². The number of anilines is 2. The fourth-order valence-corrected chi connectivity index (χ4v) is 10.0. The van der Waals surface area contributed by atoms with Gasteiger partial charge in [0.05, 0.1) is 19.6 Å². The first kappa shape index (κ1) is 73.0. The number of amides is 4. The summed E-state index contributed by atoms with van der Waals surface area (Å²) < 4.78 is 0. The van der Waals surface area contributed by atoms with Gasteiger partial charge in [-0.05, 0) is 62.6 Å². The average Bonchev–Trinajstić information content (AvgIpc) is 3.52. The van der Waals surface area contributed by atoms with Crippen LogP contribution >= 0.6 is 0 Å². The van der Waals surface area contributed by atoms with Crippen molar-refractivity contribution in [3.8, 4) is 0 Å². The number of benzene rings is 1.